The zero-order chi connectivity index (χ0) is 31.9. The predicted octanol–water partition coefficient (Wildman–Crippen LogP) is 8.40. The lowest BCUT2D eigenvalue weighted by atomic mass is 10.1. The van der Waals surface area contributed by atoms with Crippen LogP contribution in [-0.2, 0) is 25.7 Å². The molecule has 0 atom stereocenters. The maximum Gasteiger partial charge on any atom is 0.121 e. The van der Waals surface area contributed by atoms with Crippen molar-refractivity contribution in [1.82, 2.24) is 19.8 Å². The number of H-pyrrole nitrogens is 1. The maximum atomic E-state index is 6.28. The van der Waals surface area contributed by atoms with Gasteiger partial charge >= 0.3 is 0 Å². The number of benzene rings is 3. The van der Waals surface area contributed by atoms with Gasteiger partial charge in [0.1, 0.15) is 17.3 Å². The molecule has 1 heterocycles. The minimum absolute atomic E-state index is 0.638. The van der Waals surface area contributed by atoms with Crippen LogP contribution in [0, 0.1) is 0 Å². The molecular formula is C38H53ClN4O2. The maximum absolute atomic E-state index is 6.28. The van der Waals surface area contributed by atoms with Crippen LogP contribution in [0.1, 0.15) is 69.5 Å². The average molecular weight is 633 g/mol. The summed E-state index contributed by atoms with van der Waals surface area (Å²) in [5, 5.41) is 0.760. The van der Waals surface area contributed by atoms with Gasteiger partial charge in [-0.25, -0.2) is 4.98 Å². The molecule has 0 amide bonds. The van der Waals surface area contributed by atoms with Crippen LogP contribution in [0.15, 0.2) is 60.7 Å². The Morgan fingerprint density at radius 1 is 0.644 bits per heavy atom. The van der Waals surface area contributed by atoms with E-state index in [0.29, 0.717) is 6.61 Å². The van der Waals surface area contributed by atoms with Crippen molar-refractivity contribution in [2.45, 2.75) is 72.6 Å². The van der Waals surface area contributed by atoms with Crippen LogP contribution < -0.4 is 9.47 Å². The van der Waals surface area contributed by atoms with E-state index in [1.165, 1.54) is 23.1 Å². The Balaban J connectivity index is 1.35. The van der Waals surface area contributed by atoms with Crippen LogP contribution in [0.5, 0.6) is 11.5 Å². The Morgan fingerprint density at radius 3 is 1.96 bits per heavy atom. The molecule has 0 aliphatic carbocycles. The van der Waals surface area contributed by atoms with E-state index >= 15 is 0 Å². The van der Waals surface area contributed by atoms with Crippen LogP contribution in [0.4, 0.5) is 0 Å². The van der Waals surface area contributed by atoms with Gasteiger partial charge in [-0.3, -0.25) is 0 Å². The first-order valence-electron chi connectivity index (χ1n) is 17.1. The molecule has 4 rings (SSSR count). The zero-order valence-electron chi connectivity index (χ0n) is 27.9. The van der Waals surface area contributed by atoms with Gasteiger partial charge in [-0.2, -0.15) is 0 Å². The van der Waals surface area contributed by atoms with E-state index in [2.05, 4.69) is 78.9 Å². The fraction of sp³-hybridized carbons (Fsp3) is 0.500. The Bertz CT molecular complexity index is 1400. The van der Waals surface area contributed by atoms with E-state index in [1.54, 1.807) is 0 Å². The van der Waals surface area contributed by atoms with Crippen molar-refractivity contribution in [3.05, 3.63) is 88.2 Å². The number of nitrogens with zero attached hydrogens (tertiary/aromatic N) is 3. The van der Waals surface area contributed by atoms with E-state index in [0.717, 1.165) is 118 Å². The van der Waals surface area contributed by atoms with Gasteiger partial charge in [-0.05, 0) is 112 Å². The number of hydrogen-bond acceptors (Lipinski definition) is 5. The number of rotatable bonds is 21. The smallest absolute Gasteiger partial charge is 0.121 e. The summed E-state index contributed by atoms with van der Waals surface area (Å²) in [5.41, 5.74) is 5.95. The van der Waals surface area contributed by atoms with Gasteiger partial charge in [0.15, 0.2) is 0 Å². The van der Waals surface area contributed by atoms with Crippen molar-refractivity contribution in [2.75, 3.05) is 52.5 Å². The van der Waals surface area contributed by atoms with Gasteiger partial charge in [-0.15, -0.1) is 0 Å². The van der Waals surface area contributed by atoms with Gasteiger partial charge in [0, 0.05) is 30.5 Å². The molecule has 4 aromatic rings. The lowest BCUT2D eigenvalue weighted by Crippen LogP contribution is -2.25. The summed E-state index contributed by atoms with van der Waals surface area (Å²) in [5.74, 6) is 2.87. The van der Waals surface area contributed by atoms with E-state index in [-0.39, 0.29) is 0 Å². The second-order valence-electron chi connectivity index (χ2n) is 11.7. The van der Waals surface area contributed by atoms with Gasteiger partial charge in [0.2, 0.25) is 0 Å². The first kappa shape index (κ1) is 34.8. The third-order valence-electron chi connectivity index (χ3n) is 8.68. The van der Waals surface area contributed by atoms with Crippen molar-refractivity contribution < 1.29 is 9.47 Å². The molecule has 0 fully saturated rings. The van der Waals surface area contributed by atoms with Gasteiger partial charge in [0.25, 0.3) is 0 Å². The minimum atomic E-state index is 0.638. The molecule has 0 saturated carbocycles. The second kappa shape index (κ2) is 18.8. The molecule has 3 aromatic carbocycles. The van der Waals surface area contributed by atoms with Crippen molar-refractivity contribution in [3.63, 3.8) is 0 Å². The van der Waals surface area contributed by atoms with Gasteiger partial charge in [0.05, 0.1) is 24.2 Å². The number of halogens is 1. The Kier molecular flexibility index (Phi) is 14.5. The molecule has 0 unspecified atom stereocenters. The number of aromatic nitrogens is 2. The van der Waals surface area contributed by atoms with E-state index in [4.69, 9.17) is 26.1 Å². The van der Waals surface area contributed by atoms with Crippen LogP contribution in [0.3, 0.4) is 0 Å². The number of aryl methyl sites for hydroxylation is 3. The highest BCUT2D eigenvalue weighted by Crippen LogP contribution is 2.26. The fourth-order valence-corrected chi connectivity index (χ4v) is 5.89. The molecule has 7 heteroatoms. The SMILES string of the molecule is CCN(CC)CCCCc1cc(OCCCN(CC)CC)cc2[nH]c(CCc3ccc(OCCc4ccc(Cl)cc4)cc3)nc12. The largest absolute Gasteiger partial charge is 0.493 e. The summed E-state index contributed by atoms with van der Waals surface area (Å²) < 4.78 is 12.3. The molecule has 0 aliphatic rings. The summed E-state index contributed by atoms with van der Waals surface area (Å²) in [7, 11) is 0. The van der Waals surface area contributed by atoms with Crippen LogP contribution in [0.2, 0.25) is 5.02 Å². The molecule has 0 aliphatic heterocycles. The van der Waals surface area contributed by atoms with Crippen LogP contribution in [0.25, 0.3) is 11.0 Å². The quantitative estimate of drug-likeness (QED) is 0.0935. The molecule has 0 spiro atoms. The summed E-state index contributed by atoms with van der Waals surface area (Å²) in [6.07, 6.45) is 7.00. The average Bonchev–Trinajstić information content (AvgIpc) is 3.48. The summed E-state index contributed by atoms with van der Waals surface area (Å²) in [6.45, 7) is 16.9. The van der Waals surface area contributed by atoms with Gasteiger partial charge in [-0.1, -0.05) is 63.6 Å². The Hall–Kier alpha value is -3.06. The zero-order valence-corrected chi connectivity index (χ0v) is 28.7. The molecular weight excluding hydrogens is 580 g/mol. The number of nitrogens with one attached hydrogen (secondary N) is 1. The van der Waals surface area contributed by atoms with Crippen molar-refractivity contribution in [3.8, 4) is 11.5 Å². The lowest BCUT2D eigenvalue weighted by Gasteiger charge is -2.18. The molecule has 1 aromatic heterocycles. The minimum Gasteiger partial charge on any atom is -0.493 e. The van der Waals surface area contributed by atoms with E-state index < -0.39 is 0 Å². The Labute approximate surface area is 276 Å². The molecule has 0 bridgehead atoms. The van der Waals surface area contributed by atoms with Gasteiger partial charge < -0.3 is 24.3 Å². The summed E-state index contributed by atoms with van der Waals surface area (Å²) in [4.78, 5) is 13.6. The number of aromatic amines is 1. The van der Waals surface area contributed by atoms with Crippen molar-refractivity contribution >= 4 is 22.6 Å². The Morgan fingerprint density at radius 2 is 1.27 bits per heavy atom. The number of unbranched alkanes of at least 4 members (excludes halogenated alkanes) is 1. The van der Waals surface area contributed by atoms with Crippen LogP contribution >= 0.6 is 11.6 Å². The number of ether oxygens (including phenoxy) is 2. The predicted molar refractivity (Wildman–Crippen MR) is 189 cm³/mol. The second-order valence-corrected chi connectivity index (χ2v) is 12.2. The monoisotopic (exact) mass is 632 g/mol. The van der Waals surface area contributed by atoms with E-state index in [1.807, 2.05) is 24.3 Å². The van der Waals surface area contributed by atoms with E-state index in [9.17, 15) is 0 Å². The highest BCUT2D eigenvalue weighted by atomic mass is 35.5. The number of hydrogen-bond donors (Lipinski definition) is 1. The fourth-order valence-electron chi connectivity index (χ4n) is 5.76. The third kappa shape index (κ3) is 11.4. The normalized spacial score (nSPS) is 11.6. The molecule has 0 radical (unpaired) electrons. The first-order valence-corrected chi connectivity index (χ1v) is 17.4. The molecule has 6 nitrogen and oxygen atoms in total. The molecule has 45 heavy (non-hydrogen) atoms. The topological polar surface area (TPSA) is 53.6 Å². The summed E-state index contributed by atoms with van der Waals surface area (Å²) in [6, 6.07) is 20.8. The van der Waals surface area contributed by atoms with Crippen LogP contribution in [-0.4, -0.2) is 72.3 Å². The first-order chi connectivity index (χ1) is 22.0. The highest BCUT2D eigenvalue weighted by molar-refractivity contribution is 6.30. The molecule has 244 valence electrons. The van der Waals surface area contributed by atoms with Crippen molar-refractivity contribution in [1.29, 1.82) is 0 Å². The highest BCUT2D eigenvalue weighted by Gasteiger charge is 2.12. The lowest BCUT2D eigenvalue weighted by molar-refractivity contribution is 0.249. The number of imidazole rings is 1. The molecule has 0 saturated heterocycles. The summed E-state index contributed by atoms with van der Waals surface area (Å²) >= 11 is 5.99. The standard InChI is InChI=1S/C38H53ClN4O2/c1-5-42(6-2)24-10-9-12-32-28-35(44-26-11-25-43(7-3)8-4)29-36-38(32)41-37(40-36)22-17-30-15-20-34(21-16-30)45-27-23-31-13-18-33(39)19-14-31/h13-16,18-21,28-29H,5-12,17,22-27H2,1-4H3,(H,40,41). The number of fused-ring (bicyclic) bond motifs is 1. The third-order valence-corrected chi connectivity index (χ3v) is 8.93. The van der Waals surface area contributed by atoms with Crippen molar-refractivity contribution in [2.24, 2.45) is 0 Å². The molecule has 1 N–H and O–H groups in total.